The van der Waals surface area contributed by atoms with Gasteiger partial charge in [-0.1, -0.05) is 12.8 Å². The molecule has 0 bridgehead atoms. The number of nitrogens with one attached hydrogen (secondary N) is 1. The Balaban J connectivity index is 2.13. The molecule has 1 aliphatic heterocycles. The highest BCUT2D eigenvalue weighted by Crippen LogP contribution is 2.37. The van der Waals surface area contributed by atoms with Crippen LogP contribution >= 0.6 is 0 Å². The number of alkyl halides is 1. The van der Waals surface area contributed by atoms with E-state index in [1.807, 2.05) is 0 Å². The molecular weight excluding hydrogens is 145 g/mol. The fourth-order valence-electron chi connectivity index (χ4n) is 2.34. The molecule has 0 aromatic rings. The Morgan fingerprint density at radius 2 is 2.00 bits per heavy atom. The standard InChI is InChI=1S/C8H14FNO/c9-6-5-10-8(7(6)11)3-1-2-4-8/h6-7,10-11H,1-5H2. The van der Waals surface area contributed by atoms with E-state index in [-0.39, 0.29) is 5.54 Å². The van der Waals surface area contributed by atoms with E-state index in [9.17, 15) is 9.50 Å². The van der Waals surface area contributed by atoms with Gasteiger partial charge in [0.15, 0.2) is 0 Å². The Morgan fingerprint density at radius 3 is 2.45 bits per heavy atom. The van der Waals surface area contributed by atoms with Gasteiger partial charge in [-0.15, -0.1) is 0 Å². The molecule has 1 aliphatic carbocycles. The third kappa shape index (κ3) is 0.983. The van der Waals surface area contributed by atoms with Crippen LogP contribution in [0.25, 0.3) is 0 Å². The van der Waals surface area contributed by atoms with Crippen LogP contribution in [0.2, 0.25) is 0 Å². The minimum Gasteiger partial charge on any atom is -0.388 e. The molecular formula is C8H14FNO. The van der Waals surface area contributed by atoms with Crippen molar-refractivity contribution in [3.63, 3.8) is 0 Å². The SMILES string of the molecule is OC1C(F)CNC12CCCC2. The molecule has 0 amide bonds. The van der Waals surface area contributed by atoms with Gasteiger partial charge in [-0.05, 0) is 12.8 Å². The molecule has 1 saturated carbocycles. The first kappa shape index (κ1) is 7.50. The van der Waals surface area contributed by atoms with Crippen LogP contribution in [-0.2, 0) is 0 Å². The van der Waals surface area contributed by atoms with Crippen LogP contribution < -0.4 is 5.32 Å². The molecule has 0 radical (unpaired) electrons. The summed E-state index contributed by atoms with van der Waals surface area (Å²) in [6.45, 7) is 0.334. The summed E-state index contributed by atoms with van der Waals surface area (Å²) in [5.41, 5.74) is -0.251. The van der Waals surface area contributed by atoms with Gasteiger partial charge in [-0.2, -0.15) is 0 Å². The third-order valence-electron chi connectivity index (χ3n) is 3.05. The smallest absolute Gasteiger partial charge is 0.140 e. The summed E-state index contributed by atoms with van der Waals surface area (Å²) in [7, 11) is 0. The van der Waals surface area contributed by atoms with E-state index in [1.54, 1.807) is 0 Å². The molecule has 1 saturated heterocycles. The molecule has 11 heavy (non-hydrogen) atoms. The van der Waals surface area contributed by atoms with E-state index in [2.05, 4.69) is 5.32 Å². The molecule has 1 heterocycles. The van der Waals surface area contributed by atoms with E-state index in [0.717, 1.165) is 25.7 Å². The highest BCUT2D eigenvalue weighted by molar-refractivity contribution is 5.06. The first-order valence-electron chi connectivity index (χ1n) is 4.32. The molecule has 3 heteroatoms. The molecule has 2 fully saturated rings. The first-order valence-corrected chi connectivity index (χ1v) is 4.32. The van der Waals surface area contributed by atoms with Gasteiger partial charge in [0.1, 0.15) is 12.3 Å². The molecule has 1 spiro atoms. The van der Waals surface area contributed by atoms with Crippen molar-refractivity contribution in [1.29, 1.82) is 0 Å². The zero-order valence-corrected chi connectivity index (χ0v) is 6.52. The Labute approximate surface area is 65.8 Å². The quantitative estimate of drug-likeness (QED) is 0.542. The van der Waals surface area contributed by atoms with Gasteiger partial charge in [0.05, 0.1) is 0 Å². The van der Waals surface area contributed by atoms with Crippen LogP contribution in [0.4, 0.5) is 4.39 Å². The number of hydrogen-bond donors (Lipinski definition) is 2. The van der Waals surface area contributed by atoms with Crippen molar-refractivity contribution >= 4 is 0 Å². The maximum absolute atomic E-state index is 12.9. The lowest BCUT2D eigenvalue weighted by Crippen LogP contribution is -2.45. The summed E-state index contributed by atoms with van der Waals surface area (Å²) >= 11 is 0. The number of hydrogen-bond acceptors (Lipinski definition) is 2. The summed E-state index contributed by atoms with van der Waals surface area (Å²) < 4.78 is 12.9. The zero-order chi connectivity index (χ0) is 7.90. The second-order valence-electron chi connectivity index (χ2n) is 3.70. The molecule has 0 aromatic heterocycles. The van der Waals surface area contributed by atoms with Crippen molar-refractivity contribution < 1.29 is 9.50 Å². The second-order valence-corrected chi connectivity index (χ2v) is 3.70. The number of halogens is 1. The lowest BCUT2D eigenvalue weighted by atomic mass is 9.92. The van der Waals surface area contributed by atoms with Crippen LogP contribution in [-0.4, -0.2) is 29.5 Å². The van der Waals surface area contributed by atoms with Crippen molar-refractivity contribution in [3.8, 4) is 0 Å². The van der Waals surface area contributed by atoms with Crippen molar-refractivity contribution in [2.45, 2.75) is 43.5 Å². The minimum absolute atomic E-state index is 0.251. The molecule has 2 aliphatic rings. The number of aliphatic hydroxyl groups excluding tert-OH is 1. The summed E-state index contributed by atoms with van der Waals surface area (Å²) in [6.07, 6.45) is 2.31. The van der Waals surface area contributed by atoms with Gasteiger partial charge in [-0.25, -0.2) is 4.39 Å². The lowest BCUT2D eigenvalue weighted by molar-refractivity contribution is 0.0519. The van der Waals surface area contributed by atoms with Crippen LogP contribution in [0.5, 0.6) is 0 Å². The highest BCUT2D eigenvalue weighted by atomic mass is 19.1. The Morgan fingerprint density at radius 1 is 1.36 bits per heavy atom. The summed E-state index contributed by atoms with van der Waals surface area (Å²) in [5, 5.41) is 12.6. The largest absolute Gasteiger partial charge is 0.388 e. The molecule has 2 nitrogen and oxygen atoms in total. The van der Waals surface area contributed by atoms with E-state index >= 15 is 0 Å². The molecule has 64 valence electrons. The summed E-state index contributed by atoms with van der Waals surface area (Å²) in [5.74, 6) is 0. The van der Waals surface area contributed by atoms with Gasteiger partial charge in [-0.3, -0.25) is 0 Å². The van der Waals surface area contributed by atoms with Crippen LogP contribution in [0.3, 0.4) is 0 Å². The van der Waals surface area contributed by atoms with Crippen LogP contribution in [0.1, 0.15) is 25.7 Å². The van der Waals surface area contributed by atoms with E-state index in [0.29, 0.717) is 6.54 Å². The van der Waals surface area contributed by atoms with Gasteiger partial charge in [0.25, 0.3) is 0 Å². The molecule has 2 rings (SSSR count). The van der Waals surface area contributed by atoms with E-state index in [4.69, 9.17) is 0 Å². The lowest BCUT2D eigenvalue weighted by Gasteiger charge is -2.27. The molecule has 2 atom stereocenters. The second kappa shape index (κ2) is 2.42. The van der Waals surface area contributed by atoms with Crippen molar-refractivity contribution in [3.05, 3.63) is 0 Å². The van der Waals surface area contributed by atoms with Gasteiger partial charge in [0.2, 0.25) is 0 Å². The predicted molar refractivity (Wildman–Crippen MR) is 40.1 cm³/mol. The van der Waals surface area contributed by atoms with Crippen molar-refractivity contribution in [2.24, 2.45) is 0 Å². The predicted octanol–water partition coefficient (Wildman–Crippen LogP) is 0.601. The highest BCUT2D eigenvalue weighted by Gasteiger charge is 2.49. The fourth-order valence-corrected chi connectivity index (χ4v) is 2.34. The number of aliphatic hydroxyl groups is 1. The van der Waals surface area contributed by atoms with Gasteiger partial charge < -0.3 is 10.4 Å². The van der Waals surface area contributed by atoms with Gasteiger partial charge >= 0.3 is 0 Å². The summed E-state index contributed by atoms with van der Waals surface area (Å²) in [6, 6.07) is 0. The van der Waals surface area contributed by atoms with E-state index in [1.165, 1.54) is 0 Å². The van der Waals surface area contributed by atoms with Gasteiger partial charge in [0, 0.05) is 12.1 Å². The summed E-state index contributed by atoms with van der Waals surface area (Å²) in [4.78, 5) is 0. The molecule has 2 N–H and O–H groups in total. The van der Waals surface area contributed by atoms with Crippen molar-refractivity contribution in [2.75, 3.05) is 6.54 Å². The van der Waals surface area contributed by atoms with E-state index < -0.39 is 12.3 Å². The Hall–Kier alpha value is -0.150. The normalized spacial score (nSPS) is 42.0. The maximum atomic E-state index is 12.9. The average Bonchev–Trinajstić information content (AvgIpc) is 2.56. The third-order valence-corrected chi connectivity index (χ3v) is 3.05. The zero-order valence-electron chi connectivity index (χ0n) is 6.52. The minimum atomic E-state index is -1.05. The Bertz CT molecular complexity index is 156. The monoisotopic (exact) mass is 159 g/mol. The van der Waals surface area contributed by atoms with Crippen LogP contribution in [0, 0.1) is 0 Å². The maximum Gasteiger partial charge on any atom is 0.140 e. The Kier molecular flexibility index (Phi) is 1.65. The molecule has 0 aromatic carbocycles. The number of rotatable bonds is 0. The first-order chi connectivity index (χ1) is 5.25. The van der Waals surface area contributed by atoms with Crippen molar-refractivity contribution in [1.82, 2.24) is 5.32 Å². The molecule has 2 unspecified atom stereocenters. The van der Waals surface area contributed by atoms with Crippen LogP contribution in [0.15, 0.2) is 0 Å². The topological polar surface area (TPSA) is 32.3 Å². The average molecular weight is 159 g/mol. The fraction of sp³-hybridized carbons (Fsp3) is 1.00.